The number of urea groups is 1. The second-order valence-corrected chi connectivity index (χ2v) is 5.67. The first-order valence-electron chi connectivity index (χ1n) is 7.60. The zero-order valence-electron chi connectivity index (χ0n) is 12.9. The minimum Gasteiger partial charge on any atom is -0.378 e. The zero-order valence-corrected chi connectivity index (χ0v) is 12.9. The van der Waals surface area contributed by atoms with Crippen LogP contribution in [0.5, 0.6) is 0 Å². The summed E-state index contributed by atoms with van der Waals surface area (Å²) in [5.41, 5.74) is 0.391. The molecule has 2 N–H and O–H groups in total. The standard InChI is InChI=1S/C16H22F2N2O2/c1-3-22-13-7-12(8-13)20-16(21)19-9-10(2)14-5-4-11(17)6-15(14)18/h4-6,10,12-13H,3,7-9H2,1-2H3,(H2,19,20,21). The molecule has 1 aliphatic carbocycles. The van der Waals surface area contributed by atoms with E-state index >= 15 is 0 Å². The Balaban J connectivity index is 1.72. The highest BCUT2D eigenvalue weighted by Gasteiger charge is 2.30. The van der Waals surface area contributed by atoms with E-state index in [0.717, 1.165) is 18.9 Å². The van der Waals surface area contributed by atoms with E-state index < -0.39 is 11.6 Å². The fraction of sp³-hybridized carbons (Fsp3) is 0.562. The van der Waals surface area contributed by atoms with Gasteiger partial charge < -0.3 is 15.4 Å². The lowest BCUT2D eigenvalue weighted by Gasteiger charge is -2.35. The summed E-state index contributed by atoms with van der Waals surface area (Å²) in [5.74, 6) is -1.43. The predicted octanol–water partition coefficient (Wildman–Crippen LogP) is 2.94. The second kappa shape index (κ2) is 7.54. The maximum atomic E-state index is 13.6. The molecule has 1 fully saturated rings. The Bertz CT molecular complexity index is 519. The normalized spacial score (nSPS) is 21.8. The number of halogens is 2. The highest BCUT2D eigenvalue weighted by molar-refractivity contribution is 5.74. The fourth-order valence-corrected chi connectivity index (χ4v) is 2.55. The van der Waals surface area contributed by atoms with Crippen molar-refractivity contribution < 1.29 is 18.3 Å². The Labute approximate surface area is 129 Å². The van der Waals surface area contributed by atoms with Gasteiger partial charge in [-0.1, -0.05) is 13.0 Å². The molecule has 0 radical (unpaired) electrons. The molecule has 0 saturated heterocycles. The van der Waals surface area contributed by atoms with Crippen molar-refractivity contribution in [1.29, 1.82) is 0 Å². The van der Waals surface area contributed by atoms with Crippen molar-refractivity contribution in [2.45, 2.75) is 44.8 Å². The van der Waals surface area contributed by atoms with Gasteiger partial charge >= 0.3 is 6.03 Å². The lowest BCUT2D eigenvalue weighted by Crippen LogP contribution is -2.51. The second-order valence-electron chi connectivity index (χ2n) is 5.67. The van der Waals surface area contributed by atoms with Gasteiger partial charge in [0, 0.05) is 31.2 Å². The van der Waals surface area contributed by atoms with Crippen LogP contribution in [-0.2, 0) is 4.74 Å². The Morgan fingerprint density at radius 3 is 2.77 bits per heavy atom. The Morgan fingerprint density at radius 1 is 1.41 bits per heavy atom. The van der Waals surface area contributed by atoms with Crippen LogP contribution in [0.15, 0.2) is 18.2 Å². The number of benzene rings is 1. The van der Waals surface area contributed by atoms with Crippen molar-refractivity contribution in [2.75, 3.05) is 13.2 Å². The highest BCUT2D eigenvalue weighted by atomic mass is 19.1. The Hall–Kier alpha value is -1.69. The summed E-state index contributed by atoms with van der Waals surface area (Å²) in [7, 11) is 0. The molecule has 4 nitrogen and oxygen atoms in total. The van der Waals surface area contributed by atoms with Crippen LogP contribution >= 0.6 is 0 Å². The van der Waals surface area contributed by atoms with E-state index in [1.807, 2.05) is 6.92 Å². The SMILES string of the molecule is CCOC1CC(NC(=O)NCC(C)c2ccc(F)cc2F)C1. The number of carbonyl (C=O) groups excluding carboxylic acids is 1. The van der Waals surface area contributed by atoms with E-state index in [9.17, 15) is 13.6 Å². The van der Waals surface area contributed by atoms with Gasteiger partial charge in [0.1, 0.15) is 11.6 Å². The summed E-state index contributed by atoms with van der Waals surface area (Å²) in [4.78, 5) is 11.8. The molecule has 1 atom stereocenters. The maximum absolute atomic E-state index is 13.6. The van der Waals surface area contributed by atoms with E-state index in [2.05, 4.69) is 10.6 Å². The average molecular weight is 312 g/mol. The third-order valence-electron chi connectivity index (χ3n) is 3.89. The topological polar surface area (TPSA) is 50.4 Å². The lowest BCUT2D eigenvalue weighted by molar-refractivity contribution is -0.00708. The van der Waals surface area contributed by atoms with Gasteiger partial charge in [0.25, 0.3) is 0 Å². The first-order chi connectivity index (χ1) is 10.5. The highest BCUT2D eigenvalue weighted by Crippen LogP contribution is 2.23. The first-order valence-corrected chi connectivity index (χ1v) is 7.60. The molecule has 6 heteroatoms. The molecule has 2 rings (SSSR count). The van der Waals surface area contributed by atoms with Crippen LogP contribution in [0.25, 0.3) is 0 Å². The molecule has 1 aromatic rings. The third-order valence-corrected chi connectivity index (χ3v) is 3.89. The first kappa shape index (κ1) is 16.7. The maximum Gasteiger partial charge on any atom is 0.315 e. The van der Waals surface area contributed by atoms with Crippen molar-refractivity contribution in [3.63, 3.8) is 0 Å². The van der Waals surface area contributed by atoms with Crippen LogP contribution in [0.4, 0.5) is 13.6 Å². The summed E-state index contributed by atoms with van der Waals surface area (Å²) < 4.78 is 31.9. The van der Waals surface area contributed by atoms with E-state index in [-0.39, 0.29) is 30.6 Å². The molecule has 1 unspecified atom stereocenters. The van der Waals surface area contributed by atoms with E-state index in [4.69, 9.17) is 4.74 Å². The van der Waals surface area contributed by atoms with Gasteiger partial charge in [-0.05, 0) is 31.4 Å². The van der Waals surface area contributed by atoms with Crippen LogP contribution in [-0.4, -0.2) is 31.3 Å². The molecule has 1 aromatic carbocycles. The molecule has 22 heavy (non-hydrogen) atoms. The van der Waals surface area contributed by atoms with Gasteiger partial charge in [0.2, 0.25) is 0 Å². The molecular formula is C16H22F2N2O2. The van der Waals surface area contributed by atoms with Crippen molar-refractivity contribution >= 4 is 6.03 Å². The van der Waals surface area contributed by atoms with Crippen LogP contribution < -0.4 is 10.6 Å². The largest absolute Gasteiger partial charge is 0.378 e. The minimum absolute atomic E-state index is 0.134. The van der Waals surface area contributed by atoms with Gasteiger partial charge in [-0.15, -0.1) is 0 Å². The number of nitrogens with one attached hydrogen (secondary N) is 2. The Morgan fingerprint density at radius 2 is 2.14 bits per heavy atom. The van der Waals surface area contributed by atoms with E-state index in [1.165, 1.54) is 12.1 Å². The third kappa shape index (κ3) is 4.40. The number of ether oxygens (including phenoxy) is 1. The number of carbonyl (C=O) groups is 1. The van der Waals surface area contributed by atoms with Crippen LogP contribution in [0, 0.1) is 11.6 Å². The molecule has 2 amide bonds. The summed E-state index contributed by atoms with van der Waals surface area (Å²) >= 11 is 0. The van der Waals surface area contributed by atoms with E-state index in [1.54, 1.807) is 6.92 Å². The fourth-order valence-electron chi connectivity index (χ4n) is 2.55. The molecule has 0 aromatic heterocycles. The summed E-state index contributed by atoms with van der Waals surface area (Å²) in [5, 5.41) is 5.57. The van der Waals surface area contributed by atoms with Crippen molar-refractivity contribution in [3.05, 3.63) is 35.4 Å². The minimum atomic E-state index is -0.604. The van der Waals surface area contributed by atoms with Gasteiger partial charge in [-0.2, -0.15) is 0 Å². The van der Waals surface area contributed by atoms with Crippen molar-refractivity contribution in [1.82, 2.24) is 10.6 Å². The molecule has 0 aliphatic heterocycles. The molecule has 0 bridgehead atoms. The molecule has 0 spiro atoms. The van der Waals surface area contributed by atoms with Gasteiger partial charge in [-0.3, -0.25) is 0 Å². The van der Waals surface area contributed by atoms with Crippen LogP contribution in [0.3, 0.4) is 0 Å². The van der Waals surface area contributed by atoms with Crippen molar-refractivity contribution in [2.24, 2.45) is 0 Å². The summed E-state index contributed by atoms with van der Waals surface area (Å²) in [6.07, 6.45) is 1.88. The van der Waals surface area contributed by atoms with Gasteiger partial charge in [-0.25, -0.2) is 13.6 Å². The van der Waals surface area contributed by atoms with Crippen molar-refractivity contribution in [3.8, 4) is 0 Å². The average Bonchev–Trinajstić information content (AvgIpc) is 2.42. The quantitative estimate of drug-likeness (QED) is 0.848. The monoisotopic (exact) mass is 312 g/mol. The number of hydrogen-bond donors (Lipinski definition) is 2. The summed E-state index contributed by atoms with van der Waals surface area (Å²) in [6, 6.07) is 3.35. The smallest absolute Gasteiger partial charge is 0.315 e. The summed E-state index contributed by atoms with van der Waals surface area (Å²) in [6.45, 7) is 4.70. The molecule has 122 valence electrons. The van der Waals surface area contributed by atoms with Gasteiger partial charge in [0.15, 0.2) is 0 Å². The van der Waals surface area contributed by atoms with Gasteiger partial charge in [0.05, 0.1) is 6.10 Å². The molecule has 1 saturated carbocycles. The molecular weight excluding hydrogens is 290 g/mol. The number of hydrogen-bond acceptors (Lipinski definition) is 2. The molecule has 0 heterocycles. The number of amides is 2. The van der Waals surface area contributed by atoms with E-state index in [0.29, 0.717) is 12.2 Å². The number of rotatable bonds is 6. The van der Waals surface area contributed by atoms with Crippen LogP contribution in [0.2, 0.25) is 0 Å². The Kier molecular flexibility index (Phi) is 5.71. The molecule has 1 aliphatic rings. The predicted molar refractivity (Wildman–Crippen MR) is 79.7 cm³/mol. The zero-order chi connectivity index (χ0) is 16.1. The van der Waals surface area contributed by atoms with Crippen LogP contribution in [0.1, 0.15) is 38.2 Å². The lowest BCUT2D eigenvalue weighted by atomic mass is 9.89.